The number of carbonyl (C=O) groups is 1. The van der Waals surface area contributed by atoms with Crippen molar-refractivity contribution in [1.29, 1.82) is 0 Å². The number of aliphatic hydroxyl groups excluding tert-OH is 5. The van der Waals surface area contributed by atoms with Crippen molar-refractivity contribution < 1.29 is 39.8 Å². The number of rotatable bonds is 45. The average molecular weight is 868 g/mol. The highest BCUT2D eigenvalue weighted by atomic mass is 16.7. The van der Waals surface area contributed by atoms with Crippen molar-refractivity contribution in [2.75, 3.05) is 13.2 Å². The molecule has 7 unspecified atom stereocenters. The number of aliphatic hydroxyl groups is 5. The van der Waals surface area contributed by atoms with E-state index >= 15 is 0 Å². The van der Waals surface area contributed by atoms with Gasteiger partial charge in [-0.1, -0.05) is 225 Å². The van der Waals surface area contributed by atoms with Gasteiger partial charge in [-0.15, -0.1) is 0 Å². The summed E-state index contributed by atoms with van der Waals surface area (Å²) in [4.78, 5) is 12.8. The molecule has 0 bridgehead atoms. The molecule has 1 fully saturated rings. The van der Waals surface area contributed by atoms with Gasteiger partial charge in [-0.3, -0.25) is 4.79 Å². The first kappa shape index (κ1) is 57.9. The number of hydrogen-bond donors (Lipinski definition) is 6. The topological polar surface area (TPSA) is 149 Å². The summed E-state index contributed by atoms with van der Waals surface area (Å²) in [5.74, 6) is -0.151. The molecule has 7 atom stereocenters. The second kappa shape index (κ2) is 42.9. The molecule has 1 rings (SSSR count). The highest BCUT2D eigenvalue weighted by molar-refractivity contribution is 5.76. The lowest BCUT2D eigenvalue weighted by Crippen LogP contribution is -2.60. The molecule has 9 heteroatoms. The summed E-state index contributed by atoms with van der Waals surface area (Å²) in [6.07, 6.45) is 45.1. The van der Waals surface area contributed by atoms with E-state index < -0.39 is 49.5 Å². The molecule has 6 N–H and O–H groups in total. The lowest BCUT2D eigenvalue weighted by Gasteiger charge is -2.40. The van der Waals surface area contributed by atoms with Gasteiger partial charge in [0.15, 0.2) is 6.29 Å². The Labute approximate surface area is 376 Å². The Morgan fingerprint density at radius 1 is 0.541 bits per heavy atom. The molecule has 1 aliphatic heterocycles. The van der Waals surface area contributed by atoms with Crippen LogP contribution in [-0.4, -0.2) is 87.5 Å². The monoisotopic (exact) mass is 868 g/mol. The van der Waals surface area contributed by atoms with Gasteiger partial charge in [0.1, 0.15) is 24.4 Å². The highest BCUT2D eigenvalue weighted by Crippen LogP contribution is 2.23. The van der Waals surface area contributed by atoms with Crippen LogP contribution in [0.2, 0.25) is 0 Å². The van der Waals surface area contributed by atoms with Crippen LogP contribution in [0.4, 0.5) is 0 Å². The predicted octanol–water partition coefficient (Wildman–Crippen LogP) is 12.1. The maximum Gasteiger partial charge on any atom is 0.220 e. The standard InChI is InChI=1S/C52H101NO8/c1-3-5-7-8-9-10-11-12-13-14-15-16-17-18-19-20-21-22-23-24-25-26-27-28-29-30-31-32-33-34-35-36-37-38-40-42-48(56)53-45(46(55)41-39-6-4-2)44-60-52-51(59)50(58)49(57)47(43-54)61-52/h14-15,45-47,49-52,54-55,57-59H,3-13,16-44H2,1-2H3,(H,53,56)/b15-14-. The van der Waals surface area contributed by atoms with Crippen LogP contribution in [0.3, 0.4) is 0 Å². The second-order valence-corrected chi connectivity index (χ2v) is 18.7. The van der Waals surface area contributed by atoms with Gasteiger partial charge in [-0.05, 0) is 38.5 Å². The van der Waals surface area contributed by atoms with Crippen molar-refractivity contribution in [3.8, 4) is 0 Å². The first-order valence-corrected chi connectivity index (χ1v) is 26.4. The fourth-order valence-electron chi connectivity index (χ4n) is 8.63. The van der Waals surface area contributed by atoms with Gasteiger partial charge in [0.2, 0.25) is 5.91 Å². The number of unbranched alkanes of at least 4 members (excludes halogenated alkanes) is 33. The molecule has 0 saturated carbocycles. The van der Waals surface area contributed by atoms with Crippen LogP contribution in [0.1, 0.15) is 258 Å². The summed E-state index contributed by atoms with van der Waals surface area (Å²) in [6, 6.07) is -0.710. The largest absolute Gasteiger partial charge is 0.394 e. The Morgan fingerprint density at radius 3 is 1.33 bits per heavy atom. The van der Waals surface area contributed by atoms with Gasteiger partial charge in [0.05, 0.1) is 25.4 Å². The number of ether oxygens (including phenoxy) is 2. The SMILES string of the molecule is CCCCCCCCCC/C=C\CCCCCCCCCCCCCCCCCCCCCCCCCC(=O)NC(COC1OC(CO)C(O)C(O)C1O)C(O)CCCCC. The van der Waals surface area contributed by atoms with Crippen molar-refractivity contribution >= 4 is 5.91 Å². The van der Waals surface area contributed by atoms with Crippen molar-refractivity contribution in [3.05, 3.63) is 12.2 Å². The fraction of sp³-hybridized carbons (Fsp3) is 0.942. The molecule has 0 aromatic rings. The number of nitrogens with one attached hydrogen (secondary N) is 1. The third-order valence-corrected chi connectivity index (χ3v) is 12.9. The third kappa shape index (κ3) is 33.1. The average Bonchev–Trinajstić information content (AvgIpc) is 3.26. The minimum absolute atomic E-state index is 0.139. The van der Waals surface area contributed by atoms with E-state index in [4.69, 9.17) is 9.47 Å². The van der Waals surface area contributed by atoms with E-state index in [1.165, 1.54) is 193 Å². The molecule has 1 amide bonds. The van der Waals surface area contributed by atoms with Gasteiger partial charge in [-0.2, -0.15) is 0 Å². The molecule has 0 aromatic heterocycles. The lowest BCUT2D eigenvalue weighted by molar-refractivity contribution is -0.302. The lowest BCUT2D eigenvalue weighted by atomic mass is 9.99. The molecule has 362 valence electrons. The quantitative estimate of drug-likeness (QED) is 0.0262. The van der Waals surface area contributed by atoms with Crippen LogP contribution < -0.4 is 5.32 Å². The normalized spacial score (nSPS) is 20.4. The van der Waals surface area contributed by atoms with Gasteiger partial charge < -0.3 is 40.3 Å². The van der Waals surface area contributed by atoms with E-state index in [-0.39, 0.29) is 12.5 Å². The molecule has 0 aliphatic carbocycles. The molecule has 0 spiro atoms. The van der Waals surface area contributed by atoms with Gasteiger partial charge in [0, 0.05) is 6.42 Å². The molecule has 1 aliphatic rings. The van der Waals surface area contributed by atoms with Gasteiger partial charge in [-0.25, -0.2) is 0 Å². The summed E-state index contributed by atoms with van der Waals surface area (Å²) in [7, 11) is 0. The van der Waals surface area contributed by atoms with Crippen molar-refractivity contribution in [1.82, 2.24) is 5.32 Å². The molecule has 0 radical (unpaired) electrons. The molecular formula is C52H101NO8. The zero-order valence-electron chi connectivity index (χ0n) is 39.9. The summed E-state index contributed by atoms with van der Waals surface area (Å²) < 4.78 is 11.1. The third-order valence-electron chi connectivity index (χ3n) is 12.9. The molecule has 9 nitrogen and oxygen atoms in total. The molecule has 61 heavy (non-hydrogen) atoms. The summed E-state index contributed by atoms with van der Waals surface area (Å²) in [5.41, 5.74) is 0. The maximum absolute atomic E-state index is 12.8. The zero-order chi connectivity index (χ0) is 44.4. The van der Waals surface area contributed by atoms with Crippen LogP contribution in [-0.2, 0) is 14.3 Å². The molecule has 1 heterocycles. The Balaban J connectivity index is 1.91. The smallest absolute Gasteiger partial charge is 0.220 e. The zero-order valence-corrected chi connectivity index (χ0v) is 39.9. The summed E-state index contributed by atoms with van der Waals surface area (Å²) in [5, 5.41) is 53.6. The minimum Gasteiger partial charge on any atom is -0.394 e. The number of carbonyl (C=O) groups excluding carboxylic acids is 1. The van der Waals surface area contributed by atoms with Crippen LogP contribution in [0.5, 0.6) is 0 Å². The molecule has 0 aromatic carbocycles. The van der Waals surface area contributed by atoms with Crippen LogP contribution >= 0.6 is 0 Å². The minimum atomic E-state index is -1.55. The van der Waals surface area contributed by atoms with Gasteiger partial charge >= 0.3 is 0 Å². The molecular weight excluding hydrogens is 767 g/mol. The van der Waals surface area contributed by atoms with E-state index in [9.17, 15) is 30.3 Å². The van der Waals surface area contributed by atoms with E-state index in [1.807, 2.05) is 0 Å². The first-order chi connectivity index (χ1) is 29.8. The number of hydrogen-bond acceptors (Lipinski definition) is 8. The van der Waals surface area contributed by atoms with Crippen molar-refractivity contribution in [3.63, 3.8) is 0 Å². The van der Waals surface area contributed by atoms with E-state index in [1.54, 1.807) is 0 Å². The predicted molar refractivity (Wildman–Crippen MR) is 254 cm³/mol. The Hall–Kier alpha value is -1.07. The Bertz CT molecular complexity index is 966. The van der Waals surface area contributed by atoms with E-state index in [2.05, 4.69) is 31.3 Å². The Morgan fingerprint density at radius 2 is 0.918 bits per heavy atom. The van der Waals surface area contributed by atoms with Crippen LogP contribution in [0.15, 0.2) is 12.2 Å². The van der Waals surface area contributed by atoms with E-state index in [0.717, 1.165) is 38.5 Å². The van der Waals surface area contributed by atoms with Crippen LogP contribution in [0, 0.1) is 0 Å². The fourth-order valence-corrected chi connectivity index (χ4v) is 8.63. The highest BCUT2D eigenvalue weighted by Gasteiger charge is 2.44. The second-order valence-electron chi connectivity index (χ2n) is 18.7. The summed E-state index contributed by atoms with van der Waals surface area (Å²) >= 11 is 0. The van der Waals surface area contributed by atoms with Crippen molar-refractivity contribution in [2.45, 2.75) is 301 Å². The maximum atomic E-state index is 12.8. The Kier molecular flexibility index (Phi) is 40.7. The number of allylic oxidation sites excluding steroid dienone is 2. The number of amides is 1. The van der Waals surface area contributed by atoms with Gasteiger partial charge in [0.25, 0.3) is 0 Å². The molecule has 1 saturated heterocycles. The first-order valence-electron chi connectivity index (χ1n) is 26.4. The van der Waals surface area contributed by atoms with Crippen molar-refractivity contribution in [2.24, 2.45) is 0 Å². The van der Waals surface area contributed by atoms with Crippen LogP contribution in [0.25, 0.3) is 0 Å². The summed E-state index contributed by atoms with van der Waals surface area (Å²) in [6.45, 7) is 3.68. The van der Waals surface area contributed by atoms with E-state index in [0.29, 0.717) is 12.8 Å².